The standard InChI is InChI=1S/C14H18N4/c1-14(6-2-3-7-14)12-11(13(15)18-17-12)10-5-4-8-16-9-10/h4-5,8-9H,2-3,6-7H2,1H3,(H3,15,17,18). The van der Waals surface area contributed by atoms with Crippen LogP contribution in [0.2, 0.25) is 0 Å². The van der Waals surface area contributed by atoms with Crippen molar-refractivity contribution in [2.45, 2.75) is 38.0 Å². The molecule has 0 radical (unpaired) electrons. The number of nitrogens with zero attached hydrogens (tertiary/aromatic N) is 2. The Hall–Kier alpha value is -1.84. The maximum absolute atomic E-state index is 6.03. The van der Waals surface area contributed by atoms with Gasteiger partial charge >= 0.3 is 0 Å². The molecule has 1 fully saturated rings. The van der Waals surface area contributed by atoms with E-state index in [4.69, 9.17) is 5.73 Å². The lowest BCUT2D eigenvalue weighted by Gasteiger charge is -2.23. The zero-order chi connectivity index (χ0) is 12.6. The van der Waals surface area contributed by atoms with Crippen LogP contribution in [0.4, 0.5) is 5.82 Å². The molecule has 18 heavy (non-hydrogen) atoms. The van der Waals surface area contributed by atoms with E-state index >= 15 is 0 Å². The molecular formula is C14H18N4. The van der Waals surface area contributed by atoms with Crippen molar-refractivity contribution < 1.29 is 0 Å². The molecule has 0 bridgehead atoms. The molecule has 0 amide bonds. The summed E-state index contributed by atoms with van der Waals surface area (Å²) < 4.78 is 0. The quantitative estimate of drug-likeness (QED) is 0.850. The van der Waals surface area contributed by atoms with E-state index in [1.165, 1.54) is 31.4 Å². The monoisotopic (exact) mass is 242 g/mol. The highest BCUT2D eigenvalue weighted by molar-refractivity contribution is 5.76. The molecule has 4 nitrogen and oxygen atoms in total. The van der Waals surface area contributed by atoms with Gasteiger partial charge in [0.05, 0.1) is 5.69 Å². The number of hydrogen-bond acceptors (Lipinski definition) is 3. The van der Waals surface area contributed by atoms with E-state index in [-0.39, 0.29) is 5.41 Å². The predicted octanol–water partition coefficient (Wildman–Crippen LogP) is 2.89. The van der Waals surface area contributed by atoms with Gasteiger partial charge in [-0.25, -0.2) is 0 Å². The fourth-order valence-electron chi connectivity index (χ4n) is 3.00. The molecule has 2 aromatic rings. The van der Waals surface area contributed by atoms with Gasteiger partial charge in [-0.15, -0.1) is 0 Å². The third-order valence-electron chi connectivity index (χ3n) is 4.06. The van der Waals surface area contributed by atoms with Crippen molar-refractivity contribution >= 4 is 5.82 Å². The summed E-state index contributed by atoms with van der Waals surface area (Å²) in [5, 5.41) is 7.36. The van der Waals surface area contributed by atoms with Crippen molar-refractivity contribution in [3.05, 3.63) is 30.2 Å². The van der Waals surface area contributed by atoms with Gasteiger partial charge in [-0.2, -0.15) is 5.10 Å². The lowest BCUT2D eigenvalue weighted by Crippen LogP contribution is -2.18. The molecule has 0 saturated heterocycles. The van der Waals surface area contributed by atoms with E-state index in [9.17, 15) is 0 Å². The second-order valence-electron chi connectivity index (χ2n) is 5.37. The number of anilines is 1. The van der Waals surface area contributed by atoms with Crippen molar-refractivity contribution in [1.82, 2.24) is 15.2 Å². The van der Waals surface area contributed by atoms with E-state index in [1.807, 2.05) is 18.3 Å². The van der Waals surface area contributed by atoms with Crippen LogP contribution in [0.1, 0.15) is 38.3 Å². The van der Waals surface area contributed by atoms with Gasteiger partial charge in [-0.1, -0.05) is 25.8 Å². The van der Waals surface area contributed by atoms with Crippen molar-refractivity contribution in [2.24, 2.45) is 0 Å². The first-order chi connectivity index (χ1) is 8.71. The highest BCUT2D eigenvalue weighted by Gasteiger charge is 2.35. The first-order valence-electron chi connectivity index (χ1n) is 6.45. The topological polar surface area (TPSA) is 67.6 Å². The Balaban J connectivity index is 2.12. The number of H-pyrrole nitrogens is 1. The first-order valence-corrected chi connectivity index (χ1v) is 6.45. The van der Waals surface area contributed by atoms with Crippen LogP contribution >= 0.6 is 0 Å². The van der Waals surface area contributed by atoms with Crippen LogP contribution in [0.3, 0.4) is 0 Å². The molecule has 0 spiro atoms. The highest BCUT2D eigenvalue weighted by atomic mass is 15.2. The van der Waals surface area contributed by atoms with E-state index in [2.05, 4.69) is 22.1 Å². The maximum atomic E-state index is 6.03. The van der Waals surface area contributed by atoms with Gasteiger partial charge in [-0.3, -0.25) is 10.1 Å². The Morgan fingerprint density at radius 1 is 1.33 bits per heavy atom. The SMILES string of the molecule is CC1(c2[nH]nc(N)c2-c2cccnc2)CCCC1. The fourth-order valence-corrected chi connectivity index (χ4v) is 3.00. The normalized spacial score (nSPS) is 18.1. The van der Waals surface area contributed by atoms with Crippen LogP contribution in [0, 0.1) is 0 Å². The second-order valence-corrected chi connectivity index (χ2v) is 5.37. The second kappa shape index (κ2) is 4.12. The van der Waals surface area contributed by atoms with Crippen LogP contribution in [-0.4, -0.2) is 15.2 Å². The summed E-state index contributed by atoms with van der Waals surface area (Å²) in [5.41, 5.74) is 9.46. The van der Waals surface area contributed by atoms with Crippen molar-refractivity contribution in [1.29, 1.82) is 0 Å². The van der Waals surface area contributed by atoms with E-state index in [0.29, 0.717) is 5.82 Å². The third kappa shape index (κ3) is 1.68. The van der Waals surface area contributed by atoms with Crippen LogP contribution in [0.15, 0.2) is 24.5 Å². The molecule has 1 saturated carbocycles. The number of nitrogen functional groups attached to an aromatic ring is 1. The average molecular weight is 242 g/mol. The minimum atomic E-state index is 0.176. The summed E-state index contributed by atoms with van der Waals surface area (Å²) in [7, 11) is 0. The summed E-state index contributed by atoms with van der Waals surface area (Å²) in [5.74, 6) is 0.575. The lowest BCUT2D eigenvalue weighted by atomic mass is 9.82. The number of aromatic amines is 1. The van der Waals surface area contributed by atoms with Gasteiger partial charge in [0.2, 0.25) is 0 Å². The summed E-state index contributed by atoms with van der Waals surface area (Å²) in [6.07, 6.45) is 8.58. The molecule has 4 heteroatoms. The van der Waals surface area contributed by atoms with Crippen molar-refractivity contribution in [3.8, 4) is 11.1 Å². The zero-order valence-corrected chi connectivity index (χ0v) is 10.6. The number of hydrogen-bond donors (Lipinski definition) is 2. The first kappa shape index (κ1) is 11.3. The number of rotatable bonds is 2. The Labute approximate surface area is 107 Å². The number of nitrogens with two attached hydrogens (primary N) is 1. The predicted molar refractivity (Wildman–Crippen MR) is 72.1 cm³/mol. The number of pyridine rings is 1. The highest BCUT2D eigenvalue weighted by Crippen LogP contribution is 2.44. The molecule has 1 aliphatic carbocycles. The Morgan fingerprint density at radius 2 is 2.11 bits per heavy atom. The molecule has 3 rings (SSSR count). The summed E-state index contributed by atoms with van der Waals surface area (Å²) in [4.78, 5) is 4.17. The minimum Gasteiger partial charge on any atom is -0.382 e. The van der Waals surface area contributed by atoms with Gasteiger partial charge in [0.25, 0.3) is 0 Å². The van der Waals surface area contributed by atoms with Crippen LogP contribution in [0.25, 0.3) is 11.1 Å². The van der Waals surface area contributed by atoms with E-state index in [0.717, 1.165) is 11.1 Å². The smallest absolute Gasteiger partial charge is 0.153 e. The van der Waals surface area contributed by atoms with Gasteiger partial charge in [0.1, 0.15) is 0 Å². The van der Waals surface area contributed by atoms with Crippen LogP contribution in [-0.2, 0) is 5.41 Å². The molecular weight excluding hydrogens is 224 g/mol. The molecule has 2 heterocycles. The minimum absolute atomic E-state index is 0.176. The summed E-state index contributed by atoms with van der Waals surface area (Å²) in [6.45, 7) is 2.30. The Bertz CT molecular complexity index is 538. The summed E-state index contributed by atoms with van der Waals surface area (Å²) in [6, 6.07) is 3.97. The average Bonchev–Trinajstić information content (AvgIpc) is 2.98. The fraction of sp³-hybridized carbons (Fsp3) is 0.429. The lowest BCUT2D eigenvalue weighted by molar-refractivity contribution is 0.476. The largest absolute Gasteiger partial charge is 0.382 e. The van der Waals surface area contributed by atoms with Crippen LogP contribution < -0.4 is 5.73 Å². The Morgan fingerprint density at radius 3 is 2.78 bits per heavy atom. The van der Waals surface area contributed by atoms with Crippen LogP contribution in [0.5, 0.6) is 0 Å². The molecule has 0 unspecified atom stereocenters. The Kier molecular flexibility index (Phi) is 2.58. The zero-order valence-electron chi connectivity index (χ0n) is 10.6. The molecule has 0 aliphatic heterocycles. The number of nitrogens with one attached hydrogen (secondary N) is 1. The van der Waals surface area contributed by atoms with E-state index in [1.54, 1.807) is 6.20 Å². The number of aromatic nitrogens is 3. The van der Waals surface area contributed by atoms with Gasteiger partial charge in [0, 0.05) is 28.9 Å². The summed E-state index contributed by atoms with van der Waals surface area (Å²) >= 11 is 0. The van der Waals surface area contributed by atoms with Gasteiger partial charge in [0.15, 0.2) is 5.82 Å². The van der Waals surface area contributed by atoms with Crippen molar-refractivity contribution in [3.63, 3.8) is 0 Å². The molecule has 1 aliphatic rings. The van der Waals surface area contributed by atoms with Gasteiger partial charge < -0.3 is 5.73 Å². The van der Waals surface area contributed by atoms with Crippen molar-refractivity contribution in [2.75, 3.05) is 5.73 Å². The third-order valence-corrected chi connectivity index (χ3v) is 4.06. The van der Waals surface area contributed by atoms with Gasteiger partial charge in [-0.05, 0) is 18.9 Å². The molecule has 94 valence electrons. The molecule has 0 aromatic carbocycles. The maximum Gasteiger partial charge on any atom is 0.153 e. The molecule has 3 N–H and O–H groups in total. The van der Waals surface area contributed by atoms with E-state index < -0.39 is 0 Å². The molecule has 2 aromatic heterocycles. The molecule has 0 atom stereocenters.